The van der Waals surface area contributed by atoms with Crippen LogP contribution in [-0.4, -0.2) is 16.8 Å². The van der Waals surface area contributed by atoms with Crippen molar-refractivity contribution in [1.29, 1.82) is 0 Å². The summed E-state index contributed by atoms with van der Waals surface area (Å²) in [6, 6.07) is 30.2. The van der Waals surface area contributed by atoms with Crippen molar-refractivity contribution >= 4 is 45.7 Å². The van der Waals surface area contributed by atoms with Gasteiger partial charge in [0, 0.05) is 21.0 Å². The molecule has 5 rings (SSSR count). The second-order valence-corrected chi connectivity index (χ2v) is 10.5. The van der Waals surface area contributed by atoms with E-state index in [9.17, 15) is 9.59 Å². The molecule has 6 nitrogen and oxygen atoms in total. The Bertz CT molecular complexity index is 1500. The monoisotopic (exact) mass is 525 g/mol. The van der Waals surface area contributed by atoms with Gasteiger partial charge in [0.15, 0.2) is 10.9 Å². The zero-order chi connectivity index (χ0) is 25.6. The molecular weight excluding hydrogens is 502 g/mol. The summed E-state index contributed by atoms with van der Waals surface area (Å²) in [5.41, 5.74) is 3.36. The number of nitrogens with one attached hydrogen (secondary N) is 2. The van der Waals surface area contributed by atoms with Crippen molar-refractivity contribution in [2.24, 2.45) is 0 Å². The topological polar surface area (TPSA) is 84.2 Å². The van der Waals surface area contributed by atoms with Crippen molar-refractivity contribution < 1.29 is 14.0 Å². The fourth-order valence-corrected chi connectivity index (χ4v) is 5.69. The van der Waals surface area contributed by atoms with Gasteiger partial charge in [0.25, 0.3) is 5.91 Å². The molecule has 0 aliphatic rings. The number of anilines is 2. The third-order valence-electron chi connectivity index (χ3n) is 5.51. The highest BCUT2D eigenvalue weighted by Crippen LogP contribution is 2.38. The standard InChI is InChI=1S/C29H23N3O3S2/c1-19-25(20-10-4-2-5-11-20)31-29(36-19)32-28(34)26(21-12-6-3-7-13-21)37-23-15-8-14-22(18-23)30-27(33)24-16-9-17-35-24/h2-18,26H,1H3,(H,30,33)(H,31,32,34). The molecule has 0 aliphatic heterocycles. The number of furan rings is 1. The summed E-state index contributed by atoms with van der Waals surface area (Å²) in [6.07, 6.45) is 1.46. The predicted molar refractivity (Wildman–Crippen MR) is 149 cm³/mol. The Labute approximate surface area is 222 Å². The van der Waals surface area contributed by atoms with E-state index in [1.54, 1.807) is 18.2 Å². The number of benzene rings is 3. The number of thiazole rings is 1. The second-order valence-electron chi connectivity index (χ2n) is 8.15. The number of aryl methyl sites for hydroxylation is 1. The van der Waals surface area contributed by atoms with Crippen LogP contribution in [0.1, 0.15) is 26.2 Å². The van der Waals surface area contributed by atoms with Crippen LogP contribution in [0.25, 0.3) is 11.3 Å². The van der Waals surface area contributed by atoms with Gasteiger partial charge in [-0.1, -0.05) is 66.7 Å². The number of amides is 2. The SMILES string of the molecule is Cc1sc(NC(=O)C(Sc2cccc(NC(=O)c3ccco3)c2)c2ccccc2)nc1-c1ccccc1. The summed E-state index contributed by atoms with van der Waals surface area (Å²) in [5.74, 6) is -0.277. The molecule has 3 aromatic carbocycles. The Balaban J connectivity index is 1.36. The number of thioether (sulfide) groups is 1. The largest absolute Gasteiger partial charge is 0.459 e. The molecule has 37 heavy (non-hydrogen) atoms. The summed E-state index contributed by atoms with van der Waals surface area (Å²) in [7, 11) is 0. The van der Waals surface area contributed by atoms with Crippen LogP contribution in [0.4, 0.5) is 10.8 Å². The van der Waals surface area contributed by atoms with Gasteiger partial charge in [-0.15, -0.1) is 23.1 Å². The summed E-state index contributed by atoms with van der Waals surface area (Å²) in [6.45, 7) is 2.00. The third kappa shape index (κ3) is 5.99. The first-order chi connectivity index (χ1) is 18.1. The van der Waals surface area contributed by atoms with Crippen LogP contribution in [0.3, 0.4) is 0 Å². The van der Waals surface area contributed by atoms with Gasteiger partial charge in [-0.2, -0.15) is 0 Å². The van der Waals surface area contributed by atoms with Gasteiger partial charge >= 0.3 is 0 Å². The number of aromatic nitrogens is 1. The van der Waals surface area contributed by atoms with E-state index < -0.39 is 5.25 Å². The van der Waals surface area contributed by atoms with Gasteiger partial charge in [0.1, 0.15) is 5.25 Å². The number of carbonyl (C=O) groups excluding carboxylic acids is 2. The highest BCUT2D eigenvalue weighted by atomic mass is 32.2. The van der Waals surface area contributed by atoms with Crippen molar-refractivity contribution in [2.45, 2.75) is 17.1 Å². The summed E-state index contributed by atoms with van der Waals surface area (Å²) in [4.78, 5) is 32.5. The molecule has 1 atom stereocenters. The molecule has 2 aromatic heterocycles. The van der Waals surface area contributed by atoms with Crippen molar-refractivity contribution in [3.8, 4) is 11.3 Å². The number of hydrogen-bond donors (Lipinski definition) is 2. The molecule has 0 fully saturated rings. The number of rotatable bonds is 8. The molecule has 2 amide bonds. The van der Waals surface area contributed by atoms with E-state index in [4.69, 9.17) is 9.40 Å². The molecule has 0 spiro atoms. The van der Waals surface area contributed by atoms with E-state index in [2.05, 4.69) is 10.6 Å². The van der Waals surface area contributed by atoms with Gasteiger partial charge in [-0.3, -0.25) is 9.59 Å². The van der Waals surface area contributed by atoms with Crippen molar-refractivity contribution in [3.05, 3.63) is 120 Å². The normalized spacial score (nSPS) is 11.6. The van der Waals surface area contributed by atoms with Crippen LogP contribution >= 0.6 is 23.1 Å². The first-order valence-corrected chi connectivity index (χ1v) is 13.3. The van der Waals surface area contributed by atoms with E-state index >= 15 is 0 Å². The Kier molecular flexibility index (Phi) is 7.49. The molecule has 2 N–H and O–H groups in total. The third-order valence-corrected chi connectivity index (χ3v) is 7.64. The average Bonchev–Trinajstić information content (AvgIpc) is 3.59. The first kappa shape index (κ1) is 24.5. The lowest BCUT2D eigenvalue weighted by atomic mass is 10.1. The lowest BCUT2D eigenvalue weighted by Crippen LogP contribution is -2.19. The molecular formula is C29H23N3O3S2. The highest BCUT2D eigenvalue weighted by Gasteiger charge is 2.24. The van der Waals surface area contributed by atoms with Crippen LogP contribution in [0.5, 0.6) is 0 Å². The Hall–Kier alpha value is -4.14. The van der Waals surface area contributed by atoms with Crippen molar-refractivity contribution in [2.75, 3.05) is 10.6 Å². The fraction of sp³-hybridized carbons (Fsp3) is 0.0690. The smallest absolute Gasteiger partial charge is 0.291 e. The minimum Gasteiger partial charge on any atom is -0.459 e. The van der Waals surface area contributed by atoms with E-state index in [0.29, 0.717) is 10.8 Å². The Morgan fingerprint density at radius 1 is 0.892 bits per heavy atom. The molecule has 0 saturated carbocycles. The lowest BCUT2D eigenvalue weighted by Gasteiger charge is -2.17. The van der Waals surface area contributed by atoms with Gasteiger partial charge in [-0.05, 0) is 42.8 Å². The van der Waals surface area contributed by atoms with Gasteiger partial charge in [0.2, 0.25) is 5.91 Å². The second kappa shape index (κ2) is 11.3. The maximum Gasteiger partial charge on any atom is 0.291 e. The lowest BCUT2D eigenvalue weighted by molar-refractivity contribution is -0.115. The summed E-state index contributed by atoms with van der Waals surface area (Å²) >= 11 is 2.86. The number of nitrogens with zero attached hydrogens (tertiary/aromatic N) is 1. The summed E-state index contributed by atoms with van der Waals surface area (Å²) < 4.78 is 5.17. The Morgan fingerprint density at radius 3 is 2.38 bits per heavy atom. The van der Waals surface area contributed by atoms with E-state index in [1.165, 1.54) is 29.4 Å². The first-order valence-electron chi connectivity index (χ1n) is 11.6. The number of hydrogen-bond acceptors (Lipinski definition) is 6. The van der Waals surface area contributed by atoms with Gasteiger partial charge in [-0.25, -0.2) is 4.98 Å². The average molecular weight is 526 g/mol. The number of carbonyl (C=O) groups is 2. The van der Waals surface area contributed by atoms with Crippen molar-refractivity contribution in [1.82, 2.24) is 4.98 Å². The molecule has 0 aliphatic carbocycles. The fourth-order valence-electron chi connectivity index (χ4n) is 3.77. The molecule has 2 heterocycles. The minimum absolute atomic E-state index is 0.172. The Morgan fingerprint density at radius 2 is 1.65 bits per heavy atom. The van der Waals surface area contributed by atoms with Crippen molar-refractivity contribution in [3.63, 3.8) is 0 Å². The van der Waals surface area contributed by atoms with Crippen LogP contribution in [0, 0.1) is 6.92 Å². The van der Waals surface area contributed by atoms with Gasteiger partial charge < -0.3 is 15.1 Å². The molecule has 184 valence electrons. The molecule has 0 saturated heterocycles. The van der Waals surface area contributed by atoms with Crippen LogP contribution < -0.4 is 10.6 Å². The van der Waals surface area contributed by atoms with Crippen LogP contribution in [0.15, 0.2) is 113 Å². The zero-order valence-electron chi connectivity index (χ0n) is 19.9. The van der Waals surface area contributed by atoms with E-state index in [1.807, 2.05) is 85.8 Å². The molecule has 1 unspecified atom stereocenters. The van der Waals surface area contributed by atoms with E-state index in [0.717, 1.165) is 26.6 Å². The highest BCUT2D eigenvalue weighted by molar-refractivity contribution is 8.00. The molecule has 0 bridgehead atoms. The molecule has 0 radical (unpaired) electrons. The maximum atomic E-state index is 13.5. The minimum atomic E-state index is -0.526. The van der Waals surface area contributed by atoms with Crippen LogP contribution in [0.2, 0.25) is 0 Å². The van der Waals surface area contributed by atoms with Crippen LogP contribution in [-0.2, 0) is 4.79 Å². The molecule has 8 heteroatoms. The molecule has 5 aromatic rings. The predicted octanol–water partition coefficient (Wildman–Crippen LogP) is 7.44. The van der Waals surface area contributed by atoms with Gasteiger partial charge in [0.05, 0.1) is 12.0 Å². The maximum absolute atomic E-state index is 13.5. The summed E-state index contributed by atoms with van der Waals surface area (Å²) in [5, 5.41) is 5.89. The van der Waals surface area contributed by atoms with E-state index in [-0.39, 0.29) is 17.6 Å². The quantitative estimate of drug-likeness (QED) is 0.206. The zero-order valence-corrected chi connectivity index (χ0v) is 21.5.